The van der Waals surface area contributed by atoms with Crippen LogP contribution >= 0.6 is 12.2 Å². The highest BCUT2D eigenvalue weighted by molar-refractivity contribution is 7.80. The second kappa shape index (κ2) is 5.99. The largest absolute Gasteiger partial charge is 0.389 e. The van der Waals surface area contributed by atoms with Gasteiger partial charge in [0.2, 0.25) is 0 Å². The van der Waals surface area contributed by atoms with Gasteiger partial charge < -0.3 is 15.8 Å². The van der Waals surface area contributed by atoms with Gasteiger partial charge in [-0.25, -0.2) is 4.79 Å². The van der Waals surface area contributed by atoms with Crippen molar-refractivity contribution in [2.24, 2.45) is 5.73 Å². The number of nitrogens with zero attached hydrogens (tertiary/aromatic N) is 1. The van der Waals surface area contributed by atoms with Crippen molar-refractivity contribution in [3.63, 3.8) is 0 Å². The smallest absolute Gasteiger partial charge is 0.321 e. The Balaban J connectivity index is 2.12. The molecule has 2 amide bonds. The Morgan fingerprint density at radius 1 is 1.53 bits per heavy atom. The van der Waals surface area contributed by atoms with E-state index in [1.807, 2.05) is 18.2 Å². The minimum absolute atomic E-state index is 0.0759. The van der Waals surface area contributed by atoms with E-state index in [9.17, 15) is 4.79 Å². The molecule has 0 spiro atoms. The number of thiocarbonyl (C=S) groups is 1. The van der Waals surface area contributed by atoms with Gasteiger partial charge in [-0.15, -0.1) is 0 Å². The molecule has 6 heteroatoms. The number of para-hydroxylation sites is 1. The number of ether oxygens (including phenoxy) is 1. The number of anilines is 1. The van der Waals surface area contributed by atoms with Crippen molar-refractivity contribution in [2.75, 3.05) is 25.2 Å². The van der Waals surface area contributed by atoms with Crippen LogP contribution in [0, 0.1) is 0 Å². The van der Waals surface area contributed by atoms with Gasteiger partial charge in [0.25, 0.3) is 0 Å². The van der Waals surface area contributed by atoms with Crippen molar-refractivity contribution >= 4 is 28.9 Å². The highest BCUT2D eigenvalue weighted by atomic mass is 32.1. The summed E-state index contributed by atoms with van der Waals surface area (Å²) in [6.45, 7) is 1.26. The lowest BCUT2D eigenvalue weighted by Crippen LogP contribution is -2.44. The van der Waals surface area contributed by atoms with E-state index < -0.39 is 0 Å². The molecule has 1 unspecified atom stereocenters. The third-order valence-corrected chi connectivity index (χ3v) is 3.31. The van der Waals surface area contributed by atoms with Gasteiger partial charge in [0.15, 0.2) is 0 Å². The van der Waals surface area contributed by atoms with Crippen molar-refractivity contribution in [3.05, 3.63) is 29.8 Å². The summed E-state index contributed by atoms with van der Waals surface area (Å²) in [5.74, 6) is 0. The second-order valence-electron chi connectivity index (χ2n) is 4.45. The molecule has 1 atom stereocenters. The fraction of sp³-hybridized carbons (Fsp3) is 0.385. The first kappa shape index (κ1) is 13.8. The predicted molar refractivity (Wildman–Crippen MR) is 78.5 cm³/mol. The first-order chi connectivity index (χ1) is 9.09. The monoisotopic (exact) mass is 279 g/mol. The molecule has 0 saturated carbocycles. The Morgan fingerprint density at radius 2 is 2.26 bits per heavy atom. The van der Waals surface area contributed by atoms with Gasteiger partial charge in [0.05, 0.1) is 18.3 Å². The maximum Gasteiger partial charge on any atom is 0.321 e. The molecule has 19 heavy (non-hydrogen) atoms. The summed E-state index contributed by atoms with van der Waals surface area (Å²) in [5.41, 5.74) is 7.06. The third kappa shape index (κ3) is 3.21. The van der Waals surface area contributed by atoms with Gasteiger partial charge in [-0.2, -0.15) is 0 Å². The number of urea groups is 1. The molecule has 0 aliphatic carbocycles. The molecule has 2 rings (SSSR count). The zero-order valence-corrected chi connectivity index (χ0v) is 11.6. The topological polar surface area (TPSA) is 67.6 Å². The molecule has 5 nitrogen and oxygen atoms in total. The van der Waals surface area contributed by atoms with E-state index in [4.69, 9.17) is 22.7 Å². The zero-order chi connectivity index (χ0) is 13.8. The quantitative estimate of drug-likeness (QED) is 0.817. The first-order valence-corrected chi connectivity index (χ1v) is 6.51. The lowest BCUT2D eigenvalue weighted by molar-refractivity contribution is 0.189. The second-order valence-corrected chi connectivity index (χ2v) is 4.89. The van der Waals surface area contributed by atoms with Crippen molar-refractivity contribution in [1.29, 1.82) is 0 Å². The van der Waals surface area contributed by atoms with Crippen molar-refractivity contribution in [2.45, 2.75) is 12.5 Å². The van der Waals surface area contributed by atoms with Gasteiger partial charge in [-0.05, 0) is 18.6 Å². The van der Waals surface area contributed by atoms with E-state index in [-0.39, 0.29) is 17.1 Å². The summed E-state index contributed by atoms with van der Waals surface area (Å²) in [7, 11) is 1.70. The number of benzene rings is 1. The molecule has 1 heterocycles. The molecule has 0 radical (unpaired) electrons. The minimum atomic E-state index is -0.181. The molecule has 0 bridgehead atoms. The van der Waals surface area contributed by atoms with Gasteiger partial charge in [-0.1, -0.05) is 24.4 Å². The molecular formula is C13H17N3O2S. The number of hydrogen-bond acceptors (Lipinski definition) is 3. The van der Waals surface area contributed by atoms with Crippen LogP contribution < -0.4 is 16.0 Å². The van der Waals surface area contributed by atoms with Gasteiger partial charge in [0.1, 0.15) is 4.99 Å². The minimum Gasteiger partial charge on any atom is -0.389 e. The summed E-state index contributed by atoms with van der Waals surface area (Å²) < 4.78 is 5.23. The number of carbonyl (C=O) groups excluding carboxylic acids is 1. The van der Waals surface area contributed by atoms with E-state index in [1.165, 1.54) is 4.90 Å². The number of carbonyl (C=O) groups is 1. The van der Waals surface area contributed by atoms with E-state index in [0.29, 0.717) is 24.5 Å². The summed E-state index contributed by atoms with van der Waals surface area (Å²) >= 11 is 5.00. The average Bonchev–Trinajstić information content (AvgIpc) is 2.90. The number of nitrogens with two attached hydrogens (primary N) is 1. The molecule has 1 saturated heterocycles. The fourth-order valence-electron chi connectivity index (χ4n) is 2.00. The number of hydrogen-bond donors (Lipinski definition) is 2. The van der Waals surface area contributed by atoms with Crippen LogP contribution in [0.2, 0.25) is 0 Å². The molecule has 1 aromatic rings. The molecule has 3 N–H and O–H groups in total. The lowest BCUT2D eigenvalue weighted by atomic mass is 10.1. The fourth-order valence-corrected chi connectivity index (χ4v) is 2.18. The van der Waals surface area contributed by atoms with Gasteiger partial charge in [-0.3, -0.25) is 4.90 Å². The van der Waals surface area contributed by atoms with E-state index in [2.05, 4.69) is 5.32 Å². The average molecular weight is 279 g/mol. The number of nitrogens with one attached hydrogen (secondary N) is 1. The summed E-state index contributed by atoms with van der Waals surface area (Å²) in [4.78, 5) is 13.9. The summed E-state index contributed by atoms with van der Waals surface area (Å²) in [6.07, 6.45) is 0.844. The van der Waals surface area contributed by atoms with Crippen molar-refractivity contribution in [3.8, 4) is 0 Å². The van der Waals surface area contributed by atoms with E-state index in [1.54, 1.807) is 13.1 Å². The Kier molecular flexibility index (Phi) is 4.34. The maximum atomic E-state index is 12.1. The molecule has 1 fully saturated rings. The first-order valence-electron chi connectivity index (χ1n) is 6.10. The van der Waals surface area contributed by atoms with Gasteiger partial charge in [0, 0.05) is 19.2 Å². The Morgan fingerprint density at radius 3 is 2.89 bits per heavy atom. The van der Waals surface area contributed by atoms with Crippen LogP contribution in [0.4, 0.5) is 10.5 Å². The van der Waals surface area contributed by atoms with E-state index in [0.717, 1.165) is 6.42 Å². The maximum absolute atomic E-state index is 12.1. The molecule has 0 aromatic heterocycles. The highest BCUT2D eigenvalue weighted by Crippen LogP contribution is 2.19. The van der Waals surface area contributed by atoms with Crippen LogP contribution in [0.1, 0.15) is 12.0 Å². The van der Waals surface area contributed by atoms with Crippen molar-refractivity contribution < 1.29 is 9.53 Å². The van der Waals surface area contributed by atoms with Gasteiger partial charge >= 0.3 is 6.03 Å². The number of rotatable bonds is 3. The SMILES string of the molecule is CN(C(=O)NC1CCOC1)c1ccccc1C(N)=S. The summed E-state index contributed by atoms with van der Waals surface area (Å²) in [6, 6.07) is 7.21. The van der Waals surface area contributed by atoms with Crippen LogP contribution in [0.3, 0.4) is 0 Å². The zero-order valence-electron chi connectivity index (χ0n) is 10.8. The highest BCUT2D eigenvalue weighted by Gasteiger charge is 2.21. The van der Waals surface area contributed by atoms with Crippen LogP contribution in [0.15, 0.2) is 24.3 Å². The molecule has 102 valence electrons. The van der Waals surface area contributed by atoms with E-state index >= 15 is 0 Å². The molecule has 1 aliphatic rings. The van der Waals surface area contributed by atoms with Crippen molar-refractivity contribution in [1.82, 2.24) is 5.32 Å². The molecule has 1 aliphatic heterocycles. The third-order valence-electron chi connectivity index (χ3n) is 3.09. The molecule has 1 aromatic carbocycles. The summed E-state index contributed by atoms with van der Waals surface area (Å²) in [5, 5.41) is 2.92. The molecular weight excluding hydrogens is 262 g/mol. The Labute approximate surface area is 117 Å². The Hall–Kier alpha value is -1.66. The van der Waals surface area contributed by atoms with Crippen LogP contribution in [-0.2, 0) is 4.74 Å². The normalized spacial score (nSPS) is 18.1. The van der Waals surface area contributed by atoms with Crippen LogP contribution in [0.25, 0.3) is 0 Å². The predicted octanol–water partition coefficient (Wildman–Crippen LogP) is 1.26. The van der Waals surface area contributed by atoms with Crippen LogP contribution in [0.5, 0.6) is 0 Å². The standard InChI is InChI=1S/C13H17N3O2S/c1-16(13(17)15-9-6-7-18-8-9)11-5-3-2-4-10(11)12(14)19/h2-5,9H,6-8H2,1H3,(H2,14,19)(H,15,17). The lowest BCUT2D eigenvalue weighted by Gasteiger charge is -2.22. The number of amides is 2. The Bertz CT molecular complexity index is 487. The van der Waals surface area contributed by atoms with Crippen LogP contribution in [-0.4, -0.2) is 37.3 Å².